The van der Waals surface area contributed by atoms with E-state index in [-0.39, 0.29) is 0 Å². The summed E-state index contributed by atoms with van der Waals surface area (Å²) in [6.07, 6.45) is 0. The van der Waals surface area contributed by atoms with Crippen LogP contribution >= 0.6 is 0 Å². The molecule has 7 aromatic carbocycles. The minimum atomic E-state index is 0.688. The molecule has 2 nitrogen and oxygen atoms in total. The van der Waals surface area contributed by atoms with Crippen LogP contribution in [0, 0.1) is 0 Å². The largest absolute Gasteiger partial charge is 0.228 e. The molecule has 0 aliphatic carbocycles. The molecule has 0 aliphatic heterocycles. The molecule has 0 N–H and O–H groups in total. The van der Waals surface area contributed by atoms with Crippen LogP contribution in [0.2, 0.25) is 0 Å². The molecule has 1 aromatic heterocycles. The van der Waals surface area contributed by atoms with Gasteiger partial charge in [-0.3, -0.25) is 0 Å². The summed E-state index contributed by atoms with van der Waals surface area (Å²) in [7, 11) is 0. The van der Waals surface area contributed by atoms with E-state index < -0.39 is 0 Å². The maximum Gasteiger partial charge on any atom is 0.160 e. The Morgan fingerprint density at radius 3 is 0.833 bits per heavy atom. The maximum absolute atomic E-state index is 5.33. The van der Waals surface area contributed by atoms with Gasteiger partial charge in [-0.2, -0.15) is 0 Å². The highest BCUT2D eigenvalue weighted by Gasteiger charge is 2.15. The zero-order chi connectivity index (χ0) is 32.1. The lowest BCUT2D eigenvalue weighted by Gasteiger charge is -2.14. The molecule has 0 radical (unpaired) electrons. The van der Waals surface area contributed by atoms with Crippen molar-refractivity contribution in [2.45, 2.75) is 0 Å². The Kier molecular flexibility index (Phi) is 7.96. The highest BCUT2D eigenvalue weighted by Crippen LogP contribution is 2.36. The Morgan fingerprint density at radius 2 is 0.479 bits per heavy atom. The first kappa shape index (κ1) is 29.1. The number of hydrogen-bond acceptors (Lipinski definition) is 2. The molecule has 2 heteroatoms. The van der Waals surface area contributed by atoms with Crippen molar-refractivity contribution < 1.29 is 0 Å². The van der Waals surface area contributed by atoms with Crippen molar-refractivity contribution in [1.29, 1.82) is 0 Å². The van der Waals surface area contributed by atoms with Crippen LogP contribution in [0.15, 0.2) is 194 Å². The molecule has 0 atom stereocenters. The summed E-state index contributed by atoms with van der Waals surface area (Å²) in [6, 6.07) is 68.1. The third-order valence-electron chi connectivity index (χ3n) is 8.64. The van der Waals surface area contributed by atoms with Gasteiger partial charge in [0, 0.05) is 16.7 Å². The van der Waals surface area contributed by atoms with Crippen LogP contribution in [-0.4, -0.2) is 9.97 Å². The van der Waals surface area contributed by atoms with E-state index in [1.165, 1.54) is 0 Å². The van der Waals surface area contributed by atoms with E-state index in [4.69, 9.17) is 9.97 Å². The number of hydrogen-bond donors (Lipinski definition) is 0. The Bertz CT molecular complexity index is 2040. The van der Waals surface area contributed by atoms with Crippen molar-refractivity contribution in [2.24, 2.45) is 0 Å². The Balaban J connectivity index is 1.36. The van der Waals surface area contributed by atoms with Gasteiger partial charge in [0.05, 0.1) is 11.4 Å². The van der Waals surface area contributed by atoms with Crippen LogP contribution in [0.1, 0.15) is 0 Å². The Hall–Kier alpha value is -6.38. The van der Waals surface area contributed by atoms with Crippen LogP contribution in [-0.2, 0) is 0 Å². The zero-order valence-corrected chi connectivity index (χ0v) is 26.4. The number of aromatic nitrogens is 2. The molecule has 0 aliphatic rings. The molecule has 8 rings (SSSR count). The molecule has 1 heterocycles. The first-order chi connectivity index (χ1) is 23.8. The third-order valence-corrected chi connectivity index (χ3v) is 8.64. The zero-order valence-electron chi connectivity index (χ0n) is 26.4. The van der Waals surface area contributed by atoms with Gasteiger partial charge in [0.1, 0.15) is 0 Å². The first-order valence-electron chi connectivity index (χ1n) is 16.2. The van der Waals surface area contributed by atoms with Crippen molar-refractivity contribution in [3.05, 3.63) is 194 Å². The van der Waals surface area contributed by atoms with Gasteiger partial charge in [-0.15, -0.1) is 0 Å². The second-order valence-electron chi connectivity index (χ2n) is 11.9. The molecule has 0 bridgehead atoms. The van der Waals surface area contributed by atoms with Crippen LogP contribution in [0.3, 0.4) is 0 Å². The summed E-state index contributed by atoms with van der Waals surface area (Å²) in [5, 5.41) is 0. The minimum Gasteiger partial charge on any atom is -0.228 e. The topological polar surface area (TPSA) is 25.8 Å². The summed E-state index contributed by atoms with van der Waals surface area (Å²) in [6.45, 7) is 0. The summed E-state index contributed by atoms with van der Waals surface area (Å²) in [5.41, 5.74) is 14.0. The lowest BCUT2D eigenvalue weighted by Crippen LogP contribution is -1.97. The molecule has 0 saturated carbocycles. The fraction of sp³-hybridized carbons (Fsp3) is 0. The van der Waals surface area contributed by atoms with Gasteiger partial charge < -0.3 is 0 Å². The van der Waals surface area contributed by atoms with Crippen molar-refractivity contribution in [3.63, 3.8) is 0 Å². The molecule has 8 aromatic rings. The summed E-state index contributed by atoms with van der Waals surface area (Å²) >= 11 is 0. The monoisotopic (exact) mass is 612 g/mol. The van der Waals surface area contributed by atoms with Crippen molar-refractivity contribution in [3.8, 4) is 78.4 Å². The quantitative estimate of drug-likeness (QED) is 0.179. The average molecular weight is 613 g/mol. The SMILES string of the molecule is c1ccc(-c2cc(-c3ccccc3)cc(-c3cc(-c4ccccc4)nc(-c4cc(-c5ccccc5)cc(-c5ccccc5)c4)n3)c2)cc1. The predicted octanol–water partition coefficient (Wildman–Crippen LogP) is 12.1. The normalized spacial score (nSPS) is 10.9. The van der Waals surface area contributed by atoms with Crippen molar-refractivity contribution in [2.75, 3.05) is 0 Å². The van der Waals surface area contributed by atoms with Crippen LogP contribution in [0.5, 0.6) is 0 Å². The highest BCUT2D eigenvalue weighted by molar-refractivity contribution is 5.84. The van der Waals surface area contributed by atoms with E-state index in [9.17, 15) is 0 Å². The number of rotatable bonds is 7. The summed E-state index contributed by atoms with van der Waals surface area (Å²) < 4.78 is 0. The summed E-state index contributed by atoms with van der Waals surface area (Å²) in [5.74, 6) is 0.688. The van der Waals surface area contributed by atoms with Gasteiger partial charge in [-0.1, -0.05) is 152 Å². The lowest BCUT2D eigenvalue weighted by molar-refractivity contribution is 1.18. The smallest absolute Gasteiger partial charge is 0.160 e. The fourth-order valence-electron chi connectivity index (χ4n) is 6.20. The first-order valence-corrected chi connectivity index (χ1v) is 16.2. The van der Waals surface area contributed by atoms with Gasteiger partial charge in [-0.05, 0) is 87.0 Å². The van der Waals surface area contributed by atoms with Gasteiger partial charge in [0.15, 0.2) is 5.82 Å². The molecule has 0 fully saturated rings. The molecule has 0 unspecified atom stereocenters. The predicted molar refractivity (Wildman–Crippen MR) is 200 cm³/mol. The number of benzene rings is 7. The molecule has 0 spiro atoms. The fourth-order valence-corrected chi connectivity index (χ4v) is 6.20. The third kappa shape index (κ3) is 6.20. The Morgan fingerprint density at radius 1 is 0.208 bits per heavy atom. The maximum atomic E-state index is 5.33. The molecule has 0 saturated heterocycles. The average Bonchev–Trinajstić information content (AvgIpc) is 3.19. The van der Waals surface area contributed by atoms with Crippen molar-refractivity contribution in [1.82, 2.24) is 9.97 Å². The van der Waals surface area contributed by atoms with Gasteiger partial charge in [0.25, 0.3) is 0 Å². The minimum absolute atomic E-state index is 0.688. The van der Waals surface area contributed by atoms with E-state index >= 15 is 0 Å². The van der Waals surface area contributed by atoms with E-state index in [1.54, 1.807) is 0 Å². The van der Waals surface area contributed by atoms with Gasteiger partial charge in [-0.25, -0.2) is 9.97 Å². The van der Waals surface area contributed by atoms with Gasteiger partial charge in [0.2, 0.25) is 0 Å². The van der Waals surface area contributed by atoms with Crippen LogP contribution in [0.25, 0.3) is 78.4 Å². The van der Waals surface area contributed by atoms with Crippen LogP contribution in [0.4, 0.5) is 0 Å². The molecular formula is C46H32N2. The summed E-state index contributed by atoms with van der Waals surface area (Å²) in [4.78, 5) is 10.5. The van der Waals surface area contributed by atoms with E-state index in [2.05, 4.69) is 188 Å². The van der Waals surface area contributed by atoms with E-state index in [1.807, 2.05) is 6.07 Å². The molecular weight excluding hydrogens is 581 g/mol. The molecule has 48 heavy (non-hydrogen) atoms. The second kappa shape index (κ2) is 13.2. The highest BCUT2D eigenvalue weighted by atomic mass is 14.9. The Labute approximate surface area is 281 Å². The van der Waals surface area contributed by atoms with Gasteiger partial charge >= 0.3 is 0 Å². The second-order valence-corrected chi connectivity index (χ2v) is 11.9. The standard InChI is InChI=1S/C46H32N2/c1-6-16-33(17-7-1)38-26-39(34-18-8-2-9-19-34)29-42(28-38)45-32-44(37-24-14-5-15-25-37)47-46(48-45)43-30-40(35-20-10-3-11-21-35)27-41(31-43)36-22-12-4-13-23-36/h1-32H. The molecule has 226 valence electrons. The van der Waals surface area contributed by atoms with Crippen molar-refractivity contribution >= 4 is 0 Å². The number of nitrogens with zero attached hydrogens (tertiary/aromatic N) is 2. The van der Waals surface area contributed by atoms with Crippen LogP contribution < -0.4 is 0 Å². The molecule has 0 amide bonds. The lowest BCUT2D eigenvalue weighted by atomic mass is 9.94. The van der Waals surface area contributed by atoms with E-state index in [0.717, 1.165) is 72.6 Å². The van der Waals surface area contributed by atoms with E-state index in [0.29, 0.717) is 5.82 Å².